The molecule has 1 aromatic rings. The van der Waals surface area contributed by atoms with Gasteiger partial charge in [0.05, 0.1) is 6.54 Å². The number of halogens is 1. The van der Waals surface area contributed by atoms with E-state index in [1.165, 1.54) is 12.1 Å². The zero-order chi connectivity index (χ0) is 15.5. The van der Waals surface area contributed by atoms with Gasteiger partial charge in [0.2, 0.25) is 5.91 Å². The van der Waals surface area contributed by atoms with Gasteiger partial charge < -0.3 is 10.1 Å². The number of benzene rings is 1. The van der Waals surface area contributed by atoms with E-state index in [-0.39, 0.29) is 11.7 Å². The number of hydrogen-bond donors (Lipinski definition) is 1. The molecule has 1 amide bonds. The minimum Gasteiger partial charge on any atom is -0.492 e. The molecule has 4 nitrogen and oxygen atoms in total. The Hall–Kier alpha value is -1.62. The van der Waals surface area contributed by atoms with E-state index in [2.05, 4.69) is 17.1 Å². The first-order valence-electron chi connectivity index (χ1n) is 7.53. The van der Waals surface area contributed by atoms with Gasteiger partial charge in [0.1, 0.15) is 18.2 Å². The Morgan fingerprint density at radius 3 is 2.52 bits per heavy atom. The highest BCUT2D eigenvalue weighted by atomic mass is 19.1. The van der Waals surface area contributed by atoms with Crippen molar-refractivity contribution in [2.24, 2.45) is 0 Å². The summed E-state index contributed by atoms with van der Waals surface area (Å²) in [7, 11) is 0. The number of carbonyl (C=O) groups is 1. The number of rotatable bonds is 10. The summed E-state index contributed by atoms with van der Waals surface area (Å²) in [5, 5.41) is 2.87. The number of carbonyl (C=O) groups excluding carboxylic acids is 1. The van der Waals surface area contributed by atoms with Crippen LogP contribution in [0, 0.1) is 5.82 Å². The molecule has 0 bridgehead atoms. The Morgan fingerprint density at radius 2 is 1.90 bits per heavy atom. The van der Waals surface area contributed by atoms with Crippen molar-refractivity contribution in [1.82, 2.24) is 10.2 Å². The van der Waals surface area contributed by atoms with Crippen molar-refractivity contribution in [1.29, 1.82) is 0 Å². The van der Waals surface area contributed by atoms with Gasteiger partial charge in [0.15, 0.2) is 0 Å². The number of hydrogen-bond acceptors (Lipinski definition) is 3. The van der Waals surface area contributed by atoms with Crippen molar-refractivity contribution in [3.63, 3.8) is 0 Å². The molecule has 0 heterocycles. The lowest BCUT2D eigenvalue weighted by atomic mass is 10.3. The SMILES string of the molecule is CCCNC(=O)CN(CCC)CCOc1ccc(F)cc1. The van der Waals surface area contributed by atoms with Crippen LogP contribution < -0.4 is 10.1 Å². The fourth-order valence-corrected chi connectivity index (χ4v) is 1.93. The van der Waals surface area contributed by atoms with Crippen molar-refractivity contribution >= 4 is 5.91 Å². The molecule has 0 aliphatic rings. The Kier molecular flexibility index (Phi) is 8.43. The van der Waals surface area contributed by atoms with Crippen LogP contribution in [0.5, 0.6) is 5.75 Å². The van der Waals surface area contributed by atoms with E-state index in [0.29, 0.717) is 32.0 Å². The maximum Gasteiger partial charge on any atom is 0.234 e. The fraction of sp³-hybridized carbons (Fsp3) is 0.562. The molecule has 0 saturated heterocycles. The standard InChI is InChI=1S/C16H25FN2O2/c1-3-9-18-16(20)13-19(10-4-2)11-12-21-15-7-5-14(17)6-8-15/h5-8H,3-4,9-13H2,1-2H3,(H,18,20). The lowest BCUT2D eigenvalue weighted by molar-refractivity contribution is -0.122. The lowest BCUT2D eigenvalue weighted by Crippen LogP contribution is -2.39. The summed E-state index contributed by atoms with van der Waals surface area (Å²) in [5.41, 5.74) is 0. The Morgan fingerprint density at radius 1 is 1.19 bits per heavy atom. The monoisotopic (exact) mass is 296 g/mol. The molecule has 0 radical (unpaired) electrons. The van der Waals surface area contributed by atoms with E-state index in [1.807, 2.05) is 6.92 Å². The van der Waals surface area contributed by atoms with Crippen molar-refractivity contribution in [3.8, 4) is 5.75 Å². The molecule has 0 fully saturated rings. The van der Waals surface area contributed by atoms with Crippen LogP contribution in [0.1, 0.15) is 26.7 Å². The zero-order valence-electron chi connectivity index (χ0n) is 12.9. The molecule has 0 saturated carbocycles. The molecule has 1 rings (SSSR count). The molecule has 0 unspecified atom stereocenters. The van der Waals surface area contributed by atoms with E-state index in [0.717, 1.165) is 19.4 Å². The van der Waals surface area contributed by atoms with Crippen LogP contribution in [0.2, 0.25) is 0 Å². The first-order valence-corrected chi connectivity index (χ1v) is 7.53. The number of nitrogens with zero attached hydrogens (tertiary/aromatic N) is 1. The fourth-order valence-electron chi connectivity index (χ4n) is 1.93. The highest BCUT2D eigenvalue weighted by molar-refractivity contribution is 5.77. The maximum atomic E-state index is 12.8. The van der Waals surface area contributed by atoms with Gasteiger partial charge in [0.25, 0.3) is 0 Å². The maximum absolute atomic E-state index is 12.8. The van der Waals surface area contributed by atoms with Gasteiger partial charge in [-0.05, 0) is 43.7 Å². The quantitative estimate of drug-likeness (QED) is 0.721. The van der Waals surface area contributed by atoms with Crippen LogP contribution in [-0.2, 0) is 4.79 Å². The van der Waals surface area contributed by atoms with E-state index >= 15 is 0 Å². The summed E-state index contributed by atoms with van der Waals surface area (Å²) in [6.07, 6.45) is 1.92. The average Bonchev–Trinajstić information content (AvgIpc) is 2.47. The first kappa shape index (κ1) is 17.4. The summed E-state index contributed by atoms with van der Waals surface area (Å²) < 4.78 is 18.3. The van der Waals surface area contributed by atoms with Gasteiger partial charge in [-0.15, -0.1) is 0 Å². The second-order valence-electron chi connectivity index (χ2n) is 4.93. The van der Waals surface area contributed by atoms with Gasteiger partial charge in [-0.3, -0.25) is 9.69 Å². The molecule has 0 atom stereocenters. The third-order valence-electron chi connectivity index (χ3n) is 2.97. The van der Waals surface area contributed by atoms with Crippen molar-refractivity contribution in [2.45, 2.75) is 26.7 Å². The summed E-state index contributed by atoms with van der Waals surface area (Å²) in [5.74, 6) is 0.415. The Labute approximate surface area is 126 Å². The summed E-state index contributed by atoms with van der Waals surface area (Å²) in [6.45, 7) is 7.22. The van der Waals surface area contributed by atoms with Crippen molar-refractivity contribution < 1.29 is 13.9 Å². The van der Waals surface area contributed by atoms with Gasteiger partial charge in [-0.2, -0.15) is 0 Å². The zero-order valence-corrected chi connectivity index (χ0v) is 12.9. The minimum absolute atomic E-state index is 0.0482. The van der Waals surface area contributed by atoms with Crippen molar-refractivity contribution in [3.05, 3.63) is 30.1 Å². The third-order valence-corrected chi connectivity index (χ3v) is 2.97. The van der Waals surface area contributed by atoms with Gasteiger partial charge in [-0.25, -0.2) is 4.39 Å². The van der Waals surface area contributed by atoms with Crippen LogP contribution in [0.25, 0.3) is 0 Å². The lowest BCUT2D eigenvalue weighted by Gasteiger charge is -2.21. The van der Waals surface area contributed by atoms with Gasteiger partial charge in [-0.1, -0.05) is 13.8 Å². The molecule has 21 heavy (non-hydrogen) atoms. The molecule has 1 aromatic carbocycles. The molecule has 1 N–H and O–H groups in total. The molecule has 0 aliphatic carbocycles. The third kappa shape index (κ3) is 7.66. The second kappa shape index (κ2) is 10.2. The topological polar surface area (TPSA) is 41.6 Å². The average molecular weight is 296 g/mol. The molecular weight excluding hydrogens is 271 g/mol. The van der Waals surface area contributed by atoms with Gasteiger partial charge >= 0.3 is 0 Å². The number of amides is 1. The van der Waals surface area contributed by atoms with Crippen LogP contribution in [0.15, 0.2) is 24.3 Å². The predicted molar refractivity (Wildman–Crippen MR) is 81.9 cm³/mol. The van der Waals surface area contributed by atoms with Crippen LogP contribution in [0.3, 0.4) is 0 Å². The van der Waals surface area contributed by atoms with Crippen LogP contribution in [0.4, 0.5) is 4.39 Å². The van der Waals surface area contributed by atoms with Crippen LogP contribution in [-0.4, -0.2) is 43.6 Å². The Balaban J connectivity index is 2.33. The van der Waals surface area contributed by atoms with E-state index < -0.39 is 0 Å². The normalized spacial score (nSPS) is 10.7. The number of ether oxygens (including phenoxy) is 1. The number of nitrogens with one attached hydrogen (secondary N) is 1. The smallest absolute Gasteiger partial charge is 0.234 e. The summed E-state index contributed by atoms with van der Waals surface area (Å²) in [6, 6.07) is 5.95. The molecule has 0 aliphatic heterocycles. The van der Waals surface area contributed by atoms with E-state index in [1.54, 1.807) is 12.1 Å². The van der Waals surface area contributed by atoms with Crippen molar-refractivity contribution in [2.75, 3.05) is 32.8 Å². The first-order chi connectivity index (χ1) is 10.2. The Bertz CT molecular complexity index is 409. The molecular formula is C16H25FN2O2. The molecule has 5 heteroatoms. The minimum atomic E-state index is -0.275. The summed E-state index contributed by atoms with van der Waals surface area (Å²) >= 11 is 0. The second-order valence-corrected chi connectivity index (χ2v) is 4.93. The predicted octanol–water partition coefficient (Wildman–Crippen LogP) is 2.44. The highest BCUT2D eigenvalue weighted by Crippen LogP contribution is 2.10. The molecule has 0 spiro atoms. The largest absolute Gasteiger partial charge is 0.492 e. The van der Waals surface area contributed by atoms with E-state index in [4.69, 9.17) is 4.74 Å². The highest BCUT2D eigenvalue weighted by Gasteiger charge is 2.09. The van der Waals surface area contributed by atoms with Crippen LogP contribution >= 0.6 is 0 Å². The molecule has 118 valence electrons. The van der Waals surface area contributed by atoms with E-state index in [9.17, 15) is 9.18 Å². The molecule has 0 aromatic heterocycles. The summed E-state index contributed by atoms with van der Waals surface area (Å²) in [4.78, 5) is 13.8. The van der Waals surface area contributed by atoms with Gasteiger partial charge in [0, 0.05) is 13.1 Å².